The minimum Gasteiger partial charge on any atom is -0.394 e. The number of rotatable bonds is 11. The molecule has 0 saturated carbocycles. The zero-order valence-corrected chi connectivity index (χ0v) is 51.7. The van der Waals surface area contributed by atoms with Gasteiger partial charge in [-0.05, 0) is 72.9 Å². The van der Waals surface area contributed by atoms with Crippen molar-refractivity contribution in [2.45, 2.75) is 107 Å². The lowest BCUT2D eigenvalue weighted by molar-refractivity contribution is -0.178. The molecule has 6 aromatic carbocycles. The monoisotopic (exact) mass is 1170 g/mol. The van der Waals surface area contributed by atoms with Crippen LogP contribution < -0.4 is 10.9 Å². The lowest BCUT2D eigenvalue weighted by Gasteiger charge is -2.55. The van der Waals surface area contributed by atoms with Gasteiger partial charge < -0.3 is 19.7 Å². The molecule has 3 saturated heterocycles. The Morgan fingerprint density at radius 2 is 0.741 bits per heavy atom. The first kappa shape index (κ1) is 59.3. The zero-order valence-electron chi connectivity index (χ0n) is 49.9. The Morgan fingerprint density at radius 3 is 1.08 bits per heavy atom. The second-order valence-corrected chi connectivity index (χ2v) is 31.6. The molecular formula is C70H76N8O5P2. The number of carbonyl (C=O) groups is 1. The lowest BCUT2D eigenvalue weighted by Crippen LogP contribution is -2.53. The number of carbonyl (C=O) groups excluding carboxylic acids is 1. The summed E-state index contributed by atoms with van der Waals surface area (Å²) >= 11 is 0. The standard InChI is InChI=1S/C35H37N4O2P.C33H33N4OP.C2H6O2/c1-33(2)24-35(40-22-23-41-35)25-34(3,4)42(33)29-20-21-36-39(29)32-30(26-14-8-5-9-15-26)37-38(28-18-12-7-13-19-28)31(32)27-16-10-6-11-17-27;1-32(2)22-27(38)23-33(3,4)39(32)28-20-21-34-37(28)31-29(24-14-8-5-9-15-24)35-36(26-18-12-7-13-19-26)30(31)25-16-10-6-11-17-25;3-1-2-4/h5-21H,22-25H2,1-4H3;5-21H,22-23H2,1-4H3;3-4H,1-2H2. The van der Waals surface area contributed by atoms with Crippen molar-refractivity contribution < 1.29 is 24.5 Å². The summed E-state index contributed by atoms with van der Waals surface area (Å²) in [4.78, 5) is 12.8. The number of ether oxygens (including phenoxy) is 2. The first-order chi connectivity index (χ1) is 41.0. The summed E-state index contributed by atoms with van der Waals surface area (Å²) < 4.78 is 21.0. The van der Waals surface area contributed by atoms with Crippen LogP contribution in [-0.4, -0.2) is 108 Å². The molecule has 13 nitrogen and oxygen atoms in total. The first-order valence-electron chi connectivity index (χ1n) is 29.3. The molecule has 0 aliphatic carbocycles. The average molecular weight is 1170 g/mol. The lowest BCUT2D eigenvalue weighted by atomic mass is 9.91. The number of benzene rings is 6. The SMILES string of the molecule is CC1(C)CC(=O)CC(C)(C)P1c1ccnn1-c1c(-c2ccccc2)nn(-c2ccccc2)c1-c1ccccc1.CC1(C)CC2(CC(C)(C)P1c1ccnn1-c1c(-c3ccccc3)nn(-c3ccccc3)c1-c1ccccc1)OCCO2.OCCO. The summed E-state index contributed by atoms with van der Waals surface area (Å²) in [6.07, 6.45) is 6.77. The van der Waals surface area contributed by atoms with E-state index in [0.717, 1.165) is 80.6 Å². The molecule has 0 radical (unpaired) electrons. The summed E-state index contributed by atoms with van der Waals surface area (Å²) in [7, 11) is -1.46. The highest BCUT2D eigenvalue weighted by Gasteiger charge is 2.58. The Morgan fingerprint density at radius 1 is 0.424 bits per heavy atom. The van der Waals surface area contributed by atoms with Crippen LogP contribution in [0.15, 0.2) is 207 Å². The van der Waals surface area contributed by atoms with E-state index in [0.29, 0.717) is 31.8 Å². The fourth-order valence-electron chi connectivity index (χ4n) is 13.6. The third-order valence-corrected chi connectivity index (χ3v) is 23.1. The van der Waals surface area contributed by atoms with E-state index >= 15 is 0 Å². The number of aliphatic hydroxyl groups is 2. The molecule has 3 fully saturated rings. The second-order valence-electron chi connectivity index (χ2n) is 24.5. The normalized spacial score (nSPS) is 17.6. The maximum absolute atomic E-state index is 12.8. The minimum absolute atomic E-state index is 0.0472. The van der Waals surface area contributed by atoms with Crippen LogP contribution in [0.25, 0.3) is 67.8 Å². The molecule has 2 N–H and O–H groups in total. The zero-order chi connectivity index (χ0) is 59.6. The van der Waals surface area contributed by atoms with Crippen molar-refractivity contribution in [1.29, 1.82) is 0 Å². The van der Waals surface area contributed by atoms with Gasteiger partial charge in [-0.1, -0.05) is 213 Å². The van der Waals surface area contributed by atoms with E-state index in [4.69, 9.17) is 40.1 Å². The Bertz CT molecular complexity index is 3810. The highest BCUT2D eigenvalue weighted by atomic mass is 31.1. The molecule has 1 spiro atoms. The van der Waals surface area contributed by atoms with Crippen molar-refractivity contribution in [2.24, 2.45) is 0 Å². The smallest absolute Gasteiger partial charge is 0.170 e. The van der Waals surface area contributed by atoms with E-state index < -0.39 is 21.6 Å². The van der Waals surface area contributed by atoms with E-state index in [1.165, 1.54) is 10.9 Å². The van der Waals surface area contributed by atoms with Gasteiger partial charge in [0.1, 0.15) is 39.9 Å². The highest BCUT2D eigenvalue weighted by Crippen LogP contribution is 2.68. The maximum atomic E-state index is 12.8. The van der Waals surface area contributed by atoms with Crippen LogP contribution in [0.3, 0.4) is 0 Å². The molecule has 0 amide bonds. The van der Waals surface area contributed by atoms with Gasteiger partial charge in [0.2, 0.25) is 0 Å². The second kappa shape index (κ2) is 24.5. The predicted octanol–water partition coefficient (Wildman–Crippen LogP) is 14.0. The Kier molecular flexibility index (Phi) is 17.1. The van der Waals surface area contributed by atoms with Crippen LogP contribution in [0.5, 0.6) is 0 Å². The fourth-order valence-corrected chi connectivity index (χ4v) is 21.9. The molecule has 3 aliphatic heterocycles. The number of hydrogen-bond acceptors (Lipinski definition) is 9. The Labute approximate surface area is 501 Å². The van der Waals surface area contributed by atoms with Gasteiger partial charge in [0.25, 0.3) is 0 Å². The molecule has 0 unspecified atom stereocenters. The Hall–Kier alpha value is -7.47. The molecule has 0 atom stereocenters. The van der Waals surface area contributed by atoms with Crippen LogP contribution in [0.2, 0.25) is 0 Å². The summed E-state index contributed by atoms with van der Waals surface area (Å²) in [5, 5.41) is 35.5. The number of ketones is 1. The van der Waals surface area contributed by atoms with Crippen LogP contribution in [0, 0.1) is 0 Å². The molecular weight excluding hydrogens is 1090 g/mol. The van der Waals surface area contributed by atoms with E-state index in [-0.39, 0.29) is 33.8 Å². The van der Waals surface area contributed by atoms with Crippen LogP contribution in [-0.2, 0) is 14.3 Å². The van der Waals surface area contributed by atoms with E-state index in [1.807, 2.05) is 59.5 Å². The minimum atomic E-state index is -0.752. The number of hydrogen-bond donors (Lipinski definition) is 2. The fraction of sp³-hybridized carbons (Fsp3) is 0.300. The van der Waals surface area contributed by atoms with Crippen LogP contribution >= 0.6 is 15.8 Å². The third-order valence-electron chi connectivity index (χ3n) is 16.0. The van der Waals surface area contributed by atoms with Crippen LogP contribution in [0.1, 0.15) is 81.1 Å². The maximum Gasteiger partial charge on any atom is 0.170 e. The van der Waals surface area contributed by atoms with Gasteiger partial charge in [-0.3, -0.25) is 4.79 Å². The molecule has 13 rings (SSSR count). The van der Waals surface area contributed by atoms with E-state index in [9.17, 15) is 4.79 Å². The van der Waals surface area contributed by atoms with Crippen molar-refractivity contribution in [2.75, 3.05) is 26.4 Å². The summed E-state index contributed by atoms with van der Waals surface area (Å²) in [5.41, 5.74) is 14.4. The number of nitrogens with zero attached hydrogens (tertiary/aromatic N) is 8. The van der Waals surface area contributed by atoms with Gasteiger partial charge in [0.15, 0.2) is 5.79 Å². The molecule has 0 bridgehead atoms. The molecule has 4 aromatic heterocycles. The largest absolute Gasteiger partial charge is 0.394 e. The quantitative estimate of drug-likeness (QED) is 0.121. The molecule has 7 heterocycles. The predicted molar refractivity (Wildman–Crippen MR) is 345 cm³/mol. The summed E-state index contributed by atoms with van der Waals surface area (Å²) in [5.74, 6) is -0.152. The molecule has 436 valence electrons. The Balaban J connectivity index is 0.000000167. The van der Waals surface area contributed by atoms with Gasteiger partial charge >= 0.3 is 0 Å². The van der Waals surface area contributed by atoms with Gasteiger partial charge in [0.05, 0.1) is 61.1 Å². The highest BCUT2D eigenvalue weighted by molar-refractivity contribution is 7.69. The third kappa shape index (κ3) is 12.0. The summed E-state index contributed by atoms with van der Waals surface area (Å²) in [6, 6.07) is 66.9. The van der Waals surface area contributed by atoms with Crippen molar-refractivity contribution in [3.63, 3.8) is 0 Å². The number of aromatic nitrogens is 8. The van der Waals surface area contributed by atoms with Gasteiger partial charge in [-0.15, -0.1) is 0 Å². The van der Waals surface area contributed by atoms with Crippen molar-refractivity contribution in [3.05, 3.63) is 207 Å². The van der Waals surface area contributed by atoms with E-state index in [1.54, 1.807) is 0 Å². The number of aliphatic hydroxyl groups excluding tert-OH is 2. The van der Waals surface area contributed by atoms with Crippen molar-refractivity contribution in [1.82, 2.24) is 39.1 Å². The average Bonchev–Trinajstić information content (AvgIpc) is 1.86. The number of Topliss-reactive ketones (excluding diaryl/α,β-unsaturated/α-hetero) is 1. The number of para-hydroxylation sites is 2. The van der Waals surface area contributed by atoms with Gasteiger partial charge in [-0.2, -0.15) is 20.4 Å². The van der Waals surface area contributed by atoms with Crippen molar-refractivity contribution >= 4 is 32.5 Å². The molecule has 85 heavy (non-hydrogen) atoms. The topological polar surface area (TPSA) is 147 Å². The van der Waals surface area contributed by atoms with Crippen LogP contribution in [0.4, 0.5) is 0 Å². The summed E-state index contributed by atoms with van der Waals surface area (Å²) in [6.45, 7) is 19.6. The van der Waals surface area contributed by atoms with E-state index in [2.05, 4.69) is 221 Å². The molecule has 10 aromatic rings. The first-order valence-corrected chi connectivity index (χ1v) is 31.9. The van der Waals surface area contributed by atoms with Gasteiger partial charge in [-0.25, -0.2) is 18.7 Å². The molecule has 3 aliphatic rings. The molecule has 15 heteroatoms. The van der Waals surface area contributed by atoms with Gasteiger partial charge in [0, 0.05) is 47.9 Å². The van der Waals surface area contributed by atoms with Crippen molar-refractivity contribution in [3.8, 4) is 67.8 Å².